The van der Waals surface area contributed by atoms with Gasteiger partial charge in [-0.05, 0) is 31.9 Å². The van der Waals surface area contributed by atoms with E-state index in [9.17, 15) is 27.9 Å². The molecule has 2 aliphatic rings. The smallest absolute Gasteiger partial charge is 0.391 e. The Hall–Kier alpha value is -2.16. The summed E-state index contributed by atoms with van der Waals surface area (Å²) in [7, 11) is 0. The fraction of sp³-hybridized carbons (Fsp3) is 0.562. The molecule has 0 aromatic carbocycles. The van der Waals surface area contributed by atoms with Crippen LogP contribution >= 0.6 is 0 Å². The lowest BCUT2D eigenvalue weighted by Gasteiger charge is -2.27. The molecular formula is C16H18F3N3O3. The molecule has 1 aromatic rings. The van der Waals surface area contributed by atoms with Gasteiger partial charge in [-0.15, -0.1) is 0 Å². The summed E-state index contributed by atoms with van der Waals surface area (Å²) in [6.45, 7) is 1.95. The van der Waals surface area contributed by atoms with Gasteiger partial charge in [-0.3, -0.25) is 14.5 Å². The van der Waals surface area contributed by atoms with Gasteiger partial charge in [0.05, 0.1) is 11.7 Å². The van der Waals surface area contributed by atoms with Crippen molar-refractivity contribution in [3.63, 3.8) is 0 Å². The molecule has 0 radical (unpaired) electrons. The number of alkyl halides is 3. The lowest BCUT2D eigenvalue weighted by Crippen LogP contribution is -2.46. The van der Waals surface area contributed by atoms with Gasteiger partial charge in [0, 0.05) is 25.2 Å². The van der Waals surface area contributed by atoms with E-state index in [1.807, 2.05) is 0 Å². The van der Waals surface area contributed by atoms with Crippen molar-refractivity contribution >= 4 is 17.6 Å². The molecule has 0 bridgehead atoms. The van der Waals surface area contributed by atoms with E-state index in [0.29, 0.717) is 13.0 Å². The van der Waals surface area contributed by atoms with E-state index < -0.39 is 29.8 Å². The fourth-order valence-corrected chi connectivity index (χ4v) is 3.30. The van der Waals surface area contributed by atoms with Gasteiger partial charge in [0.2, 0.25) is 11.8 Å². The first-order chi connectivity index (χ1) is 11.7. The standard InChI is InChI=1S/C16H18F3N3O3/c1-9-6-10(16(17,18)19)7-13(20-9)22-12(2-3-14(22)24)15(25)21-5-4-11(23)8-21/h6-7,11-12,23H,2-5,8H2,1H3. The highest BCUT2D eigenvalue weighted by atomic mass is 19.4. The topological polar surface area (TPSA) is 73.7 Å². The van der Waals surface area contributed by atoms with Crippen molar-refractivity contribution < 1.29 is 27.9 Å². The highest BCUT2D eigenvalue weighted by molar-refractivity contribution is 6.03. The van der Waals surface area contributed by atoms with Crippen molar-refractivity contribution in [1.82, 2.24) is 9.88 Å². The Morgan fingerprint density at radius 2 is 2.04 bits per heavy atom. The van der Waals surface area contributed by atoms with Gasteiger partial charge in [-0.2, -0.15) is 13.2 Å². The van der Waals surface area contributed by atoms with E-state index in [0.717, 1.165) is 17.0 Å². The van der Waals surface area contributed by atoms with Crippen LogP contribution in [0.1, 0.15) is 30.5 Å². The van der Waals surface area contributed by atoms with Gasteiger partial charge in [0.25, 0.3) is 0 Å². The number of hydrogen-bond acceptors (Lipinski definition) is 4. The Bertz CT molecular complexity index is 708. The van der Waals surface area contributed by atoms with Crippen molar-refractivity contribution in [3.8, 4) is 0 Å². The second kappa shape index (κ2) is 6.29. The number of aliphatic hydroxyl groups excluding tert-OH is 1. The van der Waals surface area contributed by atoms with Gasteiger partial charge in [-0.25, -0.2) is 4.98 Å². The molecule has 9 heteroatoms. The summed E-state index contributed by atoms with van der Waals surface area (Å²) in [6, 6.07) is 0.820. The number of rotatable bonds is 2. The maximum Gasteiger partial charge on any atom is 0.416 e. The summed E-state index contributed by atoms with van der Waals surface area (Å²) in [4.78, 5) is 31.4. The van der Waals surface area contributed by atoms with Crippen LogP contribution in [0.15, 0.2) is 12.1 Å². The Morgan fingerprint density at radius 1 is 1.32 bits per heavy atom. The van der Waals surface area contributed by atoms with Crippen LogP contribution in [0.25, 0.3) is 0 Å². The van der Waals surface area contributed by atoms with Crippen LogP contribution in [0, 0.1) is 6.92 Å². The zero-order valence-electron chi connectivity index (χ0n) is 13.6. The minimum absolute atomic E-state index is 0.0732. The first kappa shape index (κ1) is 17.7. The zero-order chi connectivity index (χ0) is 18.4. The number of aromatic nitrogens is 1. The molecule has 2 atom stereocenters. The predicted octanol–water partition coefficient (Wildman–Crippen LogP) is 1.50. The third-order valence-corrected chi connectivity index (χ3v) is 4.49. The van der Waals surface area contributed by atoms with Gasteiger partial charge in [-0.1, -0.05) is 0 Å². The number of pyridine rings is 1. The molecule has 136 valence electrons. The molecule has 1 N–H and O–H groups in total. The van der Waals surface area contributed by atoms with Gasteiger partial charge in [0.15, 0.2) is 0 Å². The molecule has 2 fully saturated rings. The van der Waals surface area contributed by atoms with Crippen LogP contribution in [0.2, 0.25) is 0 Å². The van der Waals surface area contributed by atoms with Crippen LogP contribution in [-0.2, 0) is 15.8 Å². The Morgan fingerprint density at radius 3 is 2.64 bits per heavy atom. The number of nitrogens with zero attached hydrogens (tertiary/aromatic N) is 3. The van der Waals surface area contributed by atoms with Crippen LogP contribution in [0.5, 0.6) is 0 Å². The van der Waals surface area contributed by atoms with Gasteiger partial charge in [0.1, 0.15) is 11.9 Å². The SMILES string of the molecule is Cc1cc(C(F)(F)F)cc(N2C(=O)CCC2C(=O)N2CCC(O)C2)n1. The summed E-state index contributed by atoms with van der Waals surface area (Å²) in [5, 5.41) is 9.58. The molecule has 0 aliphatic carbocycles. The molecule has 1 aromatic heterocycles. The number of β-amino-alcohol motifs (C(OH)–C–C–N with tert-alkyl or cyclic N) is 1. The zero-order valence-corrected chi connectivity index (χ0v) is 13.6. The summed E-state index contributed by atoms with van der Waals surface area (Å²) in [5.41, 5.74) is -0.787. The molecular weight excluding hydrogens is 339 g/mol. The molecule has 25 heavy (non-hydrogen) atoms. The number of carbonyl (C=O) groups is 2. The number of anilines is 1. The second-order valence-electron chi connectivity index (χ2n) is 6.40. The number of hydrogen-bond donors (Lipinski definition) is 1. The summed E-state index contributed by atoms with van der Waals surface area (Å²) < 4.78 is 39.1. The Labute approximate surface area is 142 Å². The molecule has 6 nitrogen and oxygen atoms in total. The number of carbonyl (C=O) groups excluding carboxylic acids is 2. The van der Waals surface area contributed by atoms with Crippen molar-refractivity contribution in [2.45, 2.75) is 44.5 Å². The third-order valence-electron chi connectivity index (χ3n) is 4.49. The van der Waals surface area contributed by atoms with E-state index in [2.05, 4.69) is 4.98 Å². The summed E-state index contributed by atoms with van der Waals surface area (Å²) >= 11 is 0. The normalized spacial score (nSPS) is 24.3. The summed E-state index contributed by atoms with van der Waals surface area (Å²) in [5.74, 6) is -0.948. The average Bonchev–Trinajstić information content (AvgIpc) is 3.11. The largest absolute Gasteiger partial charge is 0.416 e. The van der Waals surface area contributed by atoms with Crippen molar-refractivity contribution in [3.05, 3.63) is 23.4 Å². The lowest BCUT2D eigenvalue weighted by molar-refractivity contribution is -0.137. The number of amides is 2. The van der Waals surface area contributed by atoms with Crippen LogP contribution in [0.4, 0.5) is 19.0 Å². The number of aliphatic hydroxyl groups is 1. The van der Waals surface area contributed by atoms with E-state index in [4.69, 9.17) is 0 Å². The first-order valence-electron chi connectivity index (χ1n) is 8.01. The lowest BCUT2D eigenvalue weighted by atomic mass is 10.1. The molecule has 0 saturated carbocycles. The highest BCUT2D eigenvalue weighted by Gasteiger charge is 2.42. The Kier molecular flexibility index (Phi) is 4.44. The molecule has 2 amide bonds. The number of aryl methyl sites for hydroxylation is 1. The van der Waals surface area contributed by atoms with Crippen LogP contribution < -0.4 is 4.90 Å². The minimum Gasteiger partial charge on any atom is -0.391 e. The van der Waals surface area contributed by atoms with Crippen LogP contribution in [0.3, 0.4) is 0 Å². The average molecular weight is 357 g/mol. The number of halogens is 3. The van der Waals surface area contributed by atoms with Crippen molar-refractivity contribution in [1.29, 1.82) is 0 Å². The third kappa shape index (κ3) is 3.46. The first-order valence-corrected chi connectivity index (χ1v) is 8.01. The van der Waals surface area contributed by atoms with E-state index in [-0.39, 0.29) is 36.8 Å². The number of likely N-dealkylation sites (tertiary alicyclic amines) is 1. The molecule has 3 heterocycles. The van der Waals surface area contributed by atoms with E-state index >= 15 is 0 Å². The van der Waals surface area contributed by atoms with E-state index in [1.165, 1.54) is 11.8 Å². The van der Waals surface area contributed by atoms with E-state index in [1.54, 1.807) is 0 Å². The molecule has 0 spiro atoms. The predicted molar refractivity (Wildman–Crippen MR) is 81.7 cm³/mol. The monoisotopic (exact) mass is 357 g/mol. The van der Waals surface area contributed by atoms with Gasteiger partial charge < -0.3 is 10.0 Å². The maximum absolute atomic E-state index is 13.0. The second-order valence-corrected chi connectivity index (χ2v) is 6.40. The van der Waals surface area contributed by atoms with Crippen LogP contribution in [-0.4, -0.2) is 52.0 Å². The van der Waals surface area contributed by atoms with Gasteiger partial charge >= 0.3 is 6.18 Å². The highest BCUT2D eigenvalue weighted by Crippen LogP contribution is 2.34. The Balaban J connectivity index is 1.92. The fourth-order valence-electron chi connectivity index (χ4n) is 3.30. The maximum atomic E-state index is 13.0. The molecule has 2 aliphatic heterocycles. The summed E-state index contributed by atoms with van der Waals surface area (Å²) in [6.07, 6.45) is -4.43. The quantitative estimate of drug-likeness (QED) is 0.871. The molecule has 2 unspecified atom stereocenters. The van der Waals surface area contributed by atoms with Crippen molar-refractivity contribution in [2.24, 2.45) is 0 Å². The molecule has 2 saturated heterocycles. The minimum atomic E-state index is -4.57. The molecule has 3 rings (SSSR count). The van der Waals surface area contributed by atoms with Crippen molar-refractivity contribution in [2.75, 3.05) is 18.0 Å².